The maximum Gasteiger partial charge on any atom is 0.224 e. The summed E-state index contributed by atoms with van der Waals surface area (Å²) in [6.07, 6.45) is 3.75. The molecule has 0 saturated carbocycles. The topological polar surface area (TPSA) is 55.1 Å². The summed E-state index contributed by atoms with van der Waals surface area (Å²) in [4.78, 5) is 11.6. The molecule has 0 radical (unpaired) electrons. The number of nitrogens with two attached hydrogens (primary N) is 1. The van der Waals surface area contributed by atoms with E-state index in [4.69, 9.17) is 5.73 Å². The van der Waals surface area contributed by atoms with Gasteiger partial charge >= 0.3 is 0 Å². The lowest BCUT2D eigenvalue weighted by Gasteiger charge is -2.09. The quantitative estimate of drug-likeness (QED) is 0.748. The van der Waals surface area contributed by atoms with Gasteiger partial charge in [0.25, 0.3) is 0 Å². The number of nitrogens with one attached hydrogen (secondary N) is 1. The minimum absolute atomic E-state index is 0.261. The predicted molar refractivity (Wildman–Crippen MR) is 71.9 cm³/mol. The third-order valence-electron chi connectivity index (χ3n) is 2.91. The number of aryl methyl sites for hydroxylation is 1. The van der Waals surface area contributed by atoms with Crippen molar-refractivity contribution in [3.63, 3.8) is 0 Å². The van der Waals surface area contributed by atoms with Crippen LogP contribution >= 0.6 is 0 Å². The van der Waals surface area contributed by atoms with Crippen LogP contribution in [0.15, 0.2) is 12.1 Å². The molecule has 3 N–H and O–H groups in total. The van der Waals surface area contributed by atoms with Gasteiger partial charge in [0.1, 0.15) is 11.5 Å². The SMILES string of the molecule is Cc1ccc(F)c(NC(=O)CCCCCCN)c1F. The summed E-state index contributed by atoms with van der Waals surface area (Å²) >= 11 is 0. The zero-order chi connectivity index (χ0) is 14.3. The van der Waals surface area contributed by atoms with Gasteiger partial charge in [-0.25, -0.2) is 8.78 Å². The zero-order valence-electron chi connectivity index (χ0n) is 11.1. The van der Waals surface area contributed by atoms with Crippen molar-refractivity contribution in [3.05, 3.63) is 29.3 Å². The number of amides is 1. The Morgan fingerprint density at radius 2 is 1.89 bits per heavy atom. The average Bonchev–Trinajstić information content (AvgIpc) is 2.39. The van der Waals surface area contributed by atoms with Gasteiger partial charge in [-0.1, -0.05) is 18.9 Å². The van der Waals surface area contributed by atoms with Crippen molar-refractivity contribution in [3.8, 4) is 0 Å². The summed E-state index contributed by atoms with van der Waals surface area (Å²) in [7, 11) is 0. The fourth-order valence-electron chi connectivity index (χ4n) is 1.76. The van der Waals surface area contributed by atoms with E-state index in [9.17, 15) is 13.6 Å². The van der Waals surface area contributed by atoms with Crippen molar-refractivity contribution in [1.82, 2.24) is 0 Å². The summed E-state index contributed by atoms with van der Waals surface area (Å²) in [6.45, 7) is 2.17. The highest BCUT2D eigenvalue weighted by Gasteiger charge is 2.13. The highest BCUT2D eigenvalue weighted by molar-refractivity contribution is 5.91. The highest BCUT2D eigenvalue weighted by atomic mass is 19.1. The molecule has 5 heteroatoms. The molecule has 106 valence electrons. The average molecular weight is 270 g/mol. The van der Waals surface area contributed by atoms with Gasteiger partial charge in [-0.3, -0.25) is 4.79 Å². The van der Waals surface area contributed by atoms with E-state index in [0.717, 1.165) is 25.3 Å². The molecule has 0 fully saturated rings. The number of unbranched alkanes of at least 4 members (excludes halogenated alkanes) is 3. The van der Waals surface area contributed by atoms with E-state index in [2.05, 4.69) is 5.32 Å². The molecule has 1 rings (SSSR count). The van der Waals surface area contributed by atoms with Gasteiger partial charge in [0.05, 0.1) is 0 Å². The first kappa shape index (κ1) is 15.6. The molecule has 3 nitrogen and oxygen atoms in total. The molecule has 19 heavy (non-hydrogen) atoms. The molecule has 0 aromatic heterocycles. The molecule has 0 bridgehead atoms. The lowest BCUT2D eigenvalue weighted by atomic mass is 10.1. The molecular formula is C14H20F2N2O. The molecule has 0 saturated heterocycles. The summed E-state index contributed by atoms with van der Waals surface area (Å²) in [5.74, 6) is -1.83. The van der Waals surface area contributed by atoms with E-state index in [1.807, 2.05) is 0 Å². The summed E-state index contributed by atoms with van der Waals surface area (Å²) in [6, 6.07) is 2.49. The molecule has 0 unspecified atom stereocenters. The van der Waals surface area contributed by atoms with Crippen molar-refractivity contribution < 1.29 is 13.6 Å². The van der Waals surface area contributed by atoms with E-state index in [1.54, 1.807) is 0 Å². The Hall–Kier alpha value is -1.49. The van der Waals surface area contributed by atoms with Crippen LogP contribution in [-0.2, 0) is 4.79 Å². The monoisotopic (exact) mass is 270 g/mol. The Bertz CT molecular complexity index is 436. The van der Waals surface area contributed by atoms with Crippen LogP contribution in [0.3, 0.4) is 0 Å². The number of rotatable bonds is 7. The standard InChI is InChI=1S/C14H20F2N2O/c1-10-7-8-11(15)14(13(10)16)18-12(19)6-4-2-3-5-9-17/h7-8H,2-6,9,17H2,1H3,(H,18,19). The normalized spacial score (nSPS) is 10.5. The lowest BCUT2D eigenvalue weighted by Crippen LogP contribution is -2.14. The number of hydrogen-bond acceptors (Lipinski definition) is 2. The second-order valence-corrected chi connectivity index (χ2v) is 4.55. The Morgan fingerprint density at radius 1 is 1.21 bits per heavy atom. The van der Waals surface area contributed by atoms with Crippen molar-refractivity contribution in [2.75, 3.05) is 11.9 Å². The number of benzene rings is 1. The minimum atomic E-state index is -0.750. The fourth-order valence-corrected chi connectivity index (χ4v) is 1.76. The second-order valence-electron chi connectivity index (χ2n) is 4.55. The first-order valence-electron chi connectivity index (χ1n) is 6.50. The van der Waals surface area contributed by atoms with E-state index >= 15 is 0 Å². The first-order valence-corrected chi connectivity index (χ1v) is 6.50. The minimum Gasteiger partial charge on any atom is -0.330 e. The largest absolute Gasteiger partial charge is 0.330 e. The van der Waals surface area contributed by atoms with Crippen molar-refractivity contribution >= 4 is 11.6 Å². The maximum absolute atomic E-state index is 13.6. The summed E-state index contributed by atoms with van der Waals surface area (Å²) in [5, 5.41) is 2.30. The van der Waals surface area contributed by atoms with Crippen LogP contribution in [-0.4, -0.2) is 12.5 Å². The first-order chi connectivity index (χ1) is 9.06. The number of hydrogen-bond donors (Lipinski definition) is 2. The van der Waals surface area contributed by atoms with Gasteiger partial charge in [-0.15, -0.1) is 0 Å². The van der Waals surface area contributed by atoms with Crippen molar-refractivity contribution in [2.24, 2.45) is 5.73 Å². The third kappa shape index (κ3) is 4.95. The predicted octanol–water partition coefficient (Wildman–Crippen LogP) is 3.12. The van der Waals surface area contributed by atoms with Gasteiger partial charge in [0.2, 0.25) is 5.91 Å². The Kier molecular flexibility index (Phi) is 6.42. The summed E-state index contributed by atoms with van der Waals surface area (Å²) < 4.78 is 27.1. The van der Waals surface area contributed by atoms with Gasteiger partial charge in [-0.05, 0) is 37.9 Å². The lowest BCUT2D eigenvalue weighted by molar-refractivity contribution is -0.116. The van der Waals surface area contributed by atoms with E-state index in [0.29, 0.717) is 18.5 Å². The molecule has 0 atom stereocenters. The third-order valence-corrected chi connectivity index (χ3v) is 2.91. The maximum atomic E-state index is 13.6. The molecule has 0 aliphatic rings. The van der Waals surface area contributed by atoms with E-state index in [1.165, 1.54) is 13.0 Å². The smallest absolute Gasteiger partial charge is 0.224 e. The molecule has 1 aromatic carbocycles. The van der Waals surface area contributed by atoms with Crippen LogP contribution < -0.4 is 11.1 Å². The van der Waals surface area contributed by atoms with Crippen LogP contribution in [0.2, 0.25) is 0 Å². The van der Waals surface area contributed by atoms with Crippen LogP contribution in [0.1, 0.15) is 37.7 Å². The highest BCUT2D eigenvalue weighted by Crippen LogP contribution is 2.21. The molecule has 0 aliphatic carbocycles. The molecule has 0 heterocycles. The van der Waals surface area contributed by atoms with Crippen molar-refractivity contribution in [2.45, 2.75) is 39.0 Å². The van der Waals surface area contributed by atoms with Gasteiger partial charge in [0, 0.05) is 6.42 Å². The molecule has 1 aromatic rings. The van der Waals surface area contributed by atoms with Crippen molar-refractivity contribution in [1.29, 1.82) is 0 Å². The number of carbonyl (C=O) groups is 1. The van der Waals surface area contributed by atoms with Crippen LogP contribution in [0.5, 0.6) is 0 Å². The van der Waals surface area contributed by atoms with Crippen LogP contribution in [0, 0.1) is 18.6 Å². The van der Waals surface area contributed by atoms with E-state index in [-0.39, 0.29) is 18.0 Å². The molecule has 0 aliphatic heterocycles. The summed E-state index contributed by atoms with van der Waals surface area (Å²) in [5.41, 5.74) is 5.31. The van der Waals surface area contributed by atoms with Gasteiger partial charge in [0.15, 0.2) is 5.82 Å². The number of halogens is 2. The Morgan fingerprint density at radius 3 is 2.58 bits per heavy atom. The van der Waals surface area contributed by atoms with Gasteiger partial charge < -0.3 is 11.1 Å². The molecule has 0 spiro atoms. The van der Waals surface area contributed by atoms with E-state index < -0.39 is 11.6 Å². The fraction of sp³-hybridized carbons (Fsp3) is 0.500. The van der Waals surface area contributed by atoms with Crippen LogP contribution in [0.25, 0.3) is 0 Å². The Balaban J connectivity index is 2.47. The molecule has 1 amide bonds. The van der Waals surface area contributed by atoms with Crippen LogP contribution in [0.4, 0.5) is 14.5 Å². The second kappa shape index (κ2) is 7.84. The number of carbonyl (C=O) groups excluding carboxylic acids is 1. The molecular weight excluding hydrogens is 250 g/mol. The Labute approximate surface area is 112 Å². The zero-order valence-corrected chi connectivity index (χ0v) is 11.1. The van der Waals surface area contributed by atoms with Gasteiger partial charge in [-0.2, -0.15) is 0 Å². The number of anilines is 1.